The zero-order valence-electron chi connectivity index (χ0n) is 17.2. The highest BCUT2D eigenvalue weighted by molar-refractivity contribution is 14.0. The largest absolute Gasteiger partial charge is 0.368 e. The van der Waals surface area contributed by atoms with Crippen molar-refractivity contribution in [1.29, 1.82) is 0 Å². The number of hydrogen-bond acceptors (Lipinski definition) is 4. The van der Waals surface area contributed by atoms with Gasteiger partial charge in [0, 0.05) is 58.6 Å². The van der Waals surface area contributed by atoms with Crippen molar-refractivity contribution in [3.05, 3.63) is 17.5 Å². The zero-order valence-corrected chi connectivity index (χ0v) is 19.5. The van der Waals surface area contributed by atoms with Crippen LogP contribution in [0.3, 0.4) is 0 Å². The molecule has 28 heavy (non-hydrogen) atoms. The third kappa shape index (κ3) is 5.82. The molecule has 1 aromatic heterocycles. The maximum absolute atomic E-state index is 12.4. The maximum atomic E-state index is 12.4. The van der Waals surface area contributed by atoms with Gasteiger partial charge in [-0.1, -0.05) is 0 Å². The fraction of sp³-hybridized carbons (Fsp3) is 0.737. The van der Waals surface area contributed by atoms with Gasteiger partial charge in [0.1, 0.15) is 6.10 Å². The van der Waals surface area contributed by atoms with E-state index in [4.69, 9.17) is 4.74 Å². The minimum atomic E-state index is -0.219. The third-order valence-electron chi connectivity index (χ3n) is 5.24. The van der Waals surface area contributed by atoms with Gasteiger partial charge in [0.2, 0.25) is 0 Å². The lowest BCUT2D eigenvalue weighted by atomic mass is 10.2. The van der Waals surface area contributed by atoms with E-state index in [1.54, 1.807) is 0 Å². The van der Waals surface area contributed by atoms with Gasteiger partial charge < -0.3 is 19.9 Å². The van der Waals surface area contributed by atoms with Gasteiger partial charge in [0.05, 0.1) is 5.69 Å². The predicted octanol–water partition coefficient (Wildman–Crippen LogP) is 1.41. The number of aromatic nitrogens is 2. The molecule has 0 spiro atoms. The standard InChI is InChI=1S/C19H32N6O2.HI/c1-15-14-16(2)25(22-15)8-5-7-21-19(20-3)24-11-9-23(10-12-24)18(26)17-6-4-13-27-17;/h14,17H,4-13H2,1-3H3,(H,20,21);1H. The molecule has 1 N–H and O–H groups in total. The van der Waals surface area contributed by atoms with Crippen molar-refractivity contribution in [3.8, 4) is 0 Å². The molecular formula is C19H33IN6O2. The summed E-state index contributed by atoms with van der Waals surface area (Å²) in [5.74, 6) is 1.06. The Morgan fingerprint density at radius 2 is 2.00 bits per heavy atom. The number of amides is 1. The van der Waals surface area contributed by atoms with E-state index in [9.17, 15) is 4.79 Å². The Hall–Kier alpha value is -1.36. The molecule has 1 atom stereocenters. The van der Waals surface area contributed by atoms with Gasteiger partial charge >= 0.3 is 0 Å². The number of piperazine rings is 1. The summed E-state index contributed by atoms with van der Waals surface area (Å²) in [7, 11) is 1.81. The summed E-state index contributed by atoms with van der Waals surface area (Å²) in [5.41, 5.74) is 2.26. The zero-order chi connectivity index (χ0) is 19.2. The lowest BCUT2D eigenvalue weighted by molar-refractivity contribution is -0.142. The van der Waals surface area contributed by atoms with Crippen LogP contribution in [-0.4, -0.2) is 83.9 Å². The predicted molar refractivity (Wildman–Crippen MR) is 120 cm³/mol. The van der Waals surface area contributed by atoms with Gasteiger partial charge in [-0.05, 0) is 39.2 Å². The van der Waals surface area contributed by atoms with Crippen LogP contribution in [0.4, 0.5) is 0 Å². The second-order valence-corrected chi connectivity index (χ2v) is 7.29. The molecule has 3 heterocycles. The molecule has 1 amide bonds. The first kappa shape index (κ1) is 22.9. The average molecular weight is 504 g/mol. The first-order valence-electron chi connectivity index (χ1n) is 9.95. The van der Waals surface area contributed by atoms with Crippen molar-refractivity contribution in [2.24, 2.45) is 4.99 Å². The monoisotopic (exact) mass is 504 g/mol. The number of aliphatic imine (C=N–C) groups is 1. The summed E-state index contributed by atoms with van der Waals surface area (Å²) < 4.78 is 7.58. The van der Waals surface area contributed by atoms with Gasteiger partial charge in [0.15, 0.2) is 5.96 Å². The lowest BCUT2D eigenvalue weighted by Crippen LogP contribution is -2.55. The fourth-order valence-corrected chi connectivity index (χ4v) is 3.78. The Balaban J connectivity index is 0.00000280. The Kier molecular flexibility index (Phi) is 9.00. The second kappa shape index (κ2) is 11.0. The Morgan fingerprint density at radius 3 is 2.57 bits per heavy atom. The highest BCUT2D eigenvalue weighted by atomic mass is 127. The molecule has 0 aromatic carbocycles. The molecule has 0 bridgehead atoms. The lowest BCUT2D eigenvalue weighted by Gasteiger charge is -2.37. The van der Waals surface area contributed by atoms with E-state index in [1.807, 2.05) is 18.9 Å². The molecule has 1 unspecified atom stereocenters. The summed E-state index contributed by atoms with van der Waals surface area (Å²) in [6, 6.07) is 2.10. The molecule has 0 radical (unpaired) electrons. The van der Waals surface area contributed by atoms with E-state index in [-0.39, 0.29) is 36.0 Å². The van der Waals surface area contributed by atoms with E-state index >= 15 is 0 Å². The van der Waals surface area contributed by atoms with Crippen molar-refractivity contribution in [1.82, 2.24) is 24.9 Å². The molecule has 2 saturated heterocycles. The second-order valence-electron chi connectivity index (χ2n) is 7.29. The highest BCUT2D eigenvalue weighted by Crippen LogP contribution is 2.16. The molecule has 0 saturated carbocycles. The fourth-order valence-electron chi connectivity index (χ4n) is 3.78. The quantitative estimate of drug-likeness (QED) is 0.284. The molecular weight excluding hydrogens is 471 g/mol. The van der Waals surface area contributed by atoms with Crippen LogP contribution in [0.15, 0.2) is 11.1 Å². The van der Waals surface area contributed by atoms with Crippen molar-refractivity contribution >= 4 is 35.8 Å². The Morgan fingerprint density at radius 1 is 1.29 bits per heavy atom. The van der Waals surface area contributed by atoms with Crippen LogP contribution in [0.5, 0.6) is 0 Å². The molecule has 2 fully saturated rings. The molecule has 1 aromatic rings. The highest BCUT2D eigenvalue weighted by Gasteiger charge is 2.30. The molecule has 8 nitrogen and oxygen atoms in total. The maximum Gasteiger partial charge on any atom is 0.251 e. The van der Waals surface area contributed by atoms with Crippen LogP contribution < -0.4 is 5.32 Å². The van der Waals surface area contributed by atoms with Gasteiger partial charge in [-0.3, -0.25) is 14.5 Å². The number of aryl methyl sites for hydroxylation is 3. The molecule has 2 aliphatic heterocycles. The van der Waals surface area contributed by atoms with Crippen LogP contribution in [0.2, 0.25) is 0 Å². The van der Waals surface area contributed by atoms with Crippen LogP contribution in [-0.2, 0) is 16.1 Å². The Labute approximate surface area is 184 Å². The van der Waals surface area contributed by atoms with Crippen molar-refractivity contribution in [2.75, 3.05) is 46.4 Å². The van der Waals surface area contributed by atoms with E-state index in [1.165, 1.54) is 5.69 Å². The average Bonchev–Trinajstić information content (AvgIpc) is 3.31. The third-order valence-corrected chi connectivity index (χ3v) is 5.24. The van der Waals surface area contributed by atoms with Gasteiger partial charge in [0.25, 0.3) is 5.91 Å². The van der Waals surface area contributed by atoms with E-state index < -0.39 is 0 Å². The molecule has 9 heteroatoms. The van der Waals surface area contributed by atoms with Gasteiger partial charge in [-0.15, -0.1) is 24.0 Å². The molecule has 2 aliphatic rings. The van der Waals surface area contributed by atoms with Crippen molar-refractivity contribution in [2.45, 2.75) is 45.8 Å². The summed E-state index contributed by atoms with van der Waals surface area (Å²) in [4.78, 5) is 21.0. The number of hydrogen-bond donors (Lipinski definition) is 1. The van der Waals surface area contributed by atoms with Crippen LogP contribution in [0.1, 0.15) is 30.7 Å². The minimum Gasteiger partial charge on any atom is -0.368 e. The van der Waals surface area contributed by atoms with Gasteiger partial charge in [-0.2, -0.15) is 5.10 Å². The van der Waals surface area contributed by atoms with Crippen molar-refractivity contribution < 1.29 is 9.53 Å². The van der Waals surface area contributed by atoms with Crippen LogP contribution in [0.25, 0.3) is 0 Å². The van der Waals surface area contributed by atoms with Crippen LogP contribution in [0, 0.1) is 13.8 Å². The normalized spacial score (nSPS) is 20.2. The van der Waals surface area contributed by atoms with Crippen LogP contribution >= 0.6 is 24.0 Å². The first-order valence-corrected chi connectivity index (χ1v) is 9.95. The molecule has 0 aliphatic carbocycles. The summed E-state index contributed by atoms with van der Waals surface area (Å²) in [6.07, 6.45) is 2.61. The topological polar surface area (TPSA) is 75.0 Å². The van der Waals surface area contributed by atoms with E-state index in [0.29, 0.717) is 6.61 Å². The molecule has 3 rings (SSSR count). The Bertz CT molecular complexity index is 663. The summed E-state index contributed by atoms with van der Waals surface area (Å²) in [5, 5.41) is 7.94. The summed E-state index contributed by atoms with van der Waals surface area (Å²) in [6.45, 7) is 9.62. The smallest absolute Gasteiger partial charge is 0.251 e. The number of halogens is 1. The number of ether oxygens (including phenoxy) is 1. The number of rotatable bonds is 5. The number of carbonyl (C=O) groups excluding carboxylic acids is 1. The number of carbonyl (C=O) groups is 1. The SMILES string of the molecule is CN=C(NCCCn1nc(C)cc1C)N1CCN(C(=O)C2CCCO2)CC1.I. The van der Waals surface area contributed by atoms with Crippen molar-refractivity contribution in [3.63, 3.8) is 0 Å². The number of nitrogens with zero attached hydrogens (tertiary/aromatic N) is 5. The van der Waals surface area contributed by atoms with E-state index in [2.05, 4.69) is 38.0 Å². The number of nitrogens with one attached hydrogen (secondary N) is 1. The first-order chi connectivity index (χ1) is 13.1. The molecule has 158 valence electrons. The summed E-state index contributed by atoms with van der Waals surface area (Å²) >= 11 is 0. The van der Waals surface area contributed by atoms with E-state index in [0.717, 1.165) is 70.2 Å². The minimum absolute atomic E-state index is 0. The van der Waals surface area contributed by atoms with Gasteiger partial charge in [-0.25, -0.2) is 0 Å². The number of guanidine groups is 1.